The molecule has 1 aromatic carbocycles. The molecule has 0 heterocycles. The van der Waals surface area contributed by atoms with Crippen molar-refractivity contribution < 1.29 is 9.18 Å². The zero-order valence-electron chi connectivity index (χ0n) is 10.9. The Morgan fingerprint density at radius 3 is 2.78 bits per heavy atom. The van der Waals surface area contributed by atoms with Gasteiger partial charge in [0, 0.05) is 10.9 Å². The molecule has 0 aliphatic carbocycles. The number of amides is 1. The van der Waals surface area contributed by atoms with Crippen LogP contribution in [0.4, 0.5) is 15.8 Å². The van der Waals surface area contributed by atoms with Gasteiger partial charge in [0.2, 0.25) is 5.91 Å². The second kappa shape index (κ2) is 6.64. The van der Waals surface area contributed by atoms with Gasteiger partial charge in [-0.1, -0.05) is 13.8 Å². The molecular weight excluding hydrogens is 251 g/mol. The number of halogens is 1. The van der Waals surface area contributed by atoms with Crippen LogP contribution in [0.15, 0.2) is 18.2 Å². The van der Waals surface area contributed by atoms with Crippen molar-refractivity contribution in [1.29, 1.82) is 0 Å². The minimum absolute atomic E-state index is 0.136. The van der Waals surface area contributed by atoms with Crippen molar-refractivity contribution in [2.75, 3.05) is 11.1 Å². The second-order valence-corrected chi connectivity index (χ2v) is 6.01. The Bertz CT molecular complexity index is 425. The molecule has 0 aliphatic rings. The van der Waals surface area contributed by atoms with Crippen LogP contribution < -0.4 is 11.1 Å². The highest BCUT2D eigenvalue weighted by atomic mass is 32.2. The first kappa shape index (κ1) is 14.8. The molecule has 3 N–H and O–H groups in total. The predicted molar refractivity (Wildman–Crippen MR) is 76.2 cm³/mol. The summed E-state index contributed by atoms with van der Waals surface area (Å²) in [4.78, 5) is 11.9. The molecule has 0 saturated carbocycles. The van der Waals surface area contributed by atoms with Gasteiger partial charge in [-0.15, -0.1) is 11.8 Å². The van der Waals surface area contributed by atoms with Crippen molar-refractivity contribution >= 4 is 29.0 Å². The van der Waals surface area contributed by atoms with Crippen molar-refractivity contribution in [2.45, 2.75) is 37.7 Å². The highest BCUT2D eigenvalue weighted by Gasteiger charge is 2.17. The molecule has 18 heavy (non-hydrogen) atoms. The summed E-state index contributed by atoms with van der Waals surface area (Å²) in [6, 6.07) is 4.13. The minimum atomic E-state index is -0.474. The third kappa shape index (κ3) is 4.22. The van der Waals surface area contributed by atoms with Crippen LogP contribution in [0.2, 0.25) is 0 Å². The molecule has 2 atom stereocenters. The van der Waals surface area contributed by atoms with Crippen molar-refractivity contribution in [3.8, 4) is 0 Å². The highest BCUT2D eigenvalue weighted by molar-refractivity contribution is 8.01. The summed E-state index contributed by atoms with van der Waals surface area (Å²) in [5, 5.41) is 2.74. The Balaban J connectivity index is 2.66. The summed E-state index contributed by atoms with van der Waals surface area (Å²) in [6.45, 7) is 5.95. The Hall–Kier alpha value is -1.23. The van der Waals surface area contributed by atoms with E-state index in [0.29, 0.717) is 10.9 Å². The molecule has 100 valence electrons. The van der Waals surface area contributed by atoms with Gasteiger partial charge in [0.1, 0.15) is 5.82 Å². The lowest BCUT2D eigenvalue weighted by atomic mass is 10.2. The molecule has 1 amide bonds. The van der Waals surface area contributed by atoms with E-state index in [1.54, 1.807) is 11.8 Å². The van der Waals surface area contributed by atoms with Crippen LogP contribution in [0.3, 0.4) is 0 Å². The molecule has 0 bridgehead atoms. The normalized spacial score (nSPS) is 14.0. The van der Waals surface area contributed by atoms with E-state index in [1.807, 2.05) is 6.92 Å². The van der Waals surface area contributed by atoms with Gasteiger partial charge in [-0.05, 0) is 31.5 Å². The average molecular weight is 270 g/mol. The number of hydrogen-bond acceptors (Lipinski definition) is 3. The molecular formula is C13H19FN2OS. The van der Waals surface area contributed by atoms with E-state index in [0.717, 1.165) is 6.42 Å². The third-order valence-corrected chi connectivity index (χ3v) is 4.05. The molecule has 0 radical (unpaired) electrons. The molecule has 5 heteroatoms. The number of benzene rings is 1. The van der Waals surface area contributed by atoms with E-state index in [9.17, 15) is 9.18 Å². The first-order valence-corrected chi connectivity index (χ1v) is 6.89. The lowest BCUT2D eigenvalue weighted by Crippen LogP contribution is -2.24. The summed E-state index contributed by atoms with van der Waals surface area (Å²) >= 11 is 1.57. The van der Waals surface area contributed by atoms with Crippen molar-refractivity contribution in [3.63, 3.8) is 0 Å². The smallest absolute Gasteiger partial charge is 0.237 e. The fraction of sp³-hybridized carbons (Fsp3) is 0.462. The molecule has 0 aliphatic heterocycles. The summed E-state index contributed by atoms with van der Waals surface area (Å²) in [5.74, 6) is -0.678. The van der Waals surface area contributed by atoms with Gasteiger partial charge in [0.05, 0.1) is 10.9 Å². The molecule has 0 aromatic heterocycles. The number of carbonyl (C=O) groups excluding carboxylic acids is 1. The van der Waals surface area contributed by atoms with Crippen LogP contribution in [0.5, 0.6) is 0 Å². The van der Waals surface area contributed by atoms with Gasteiger partial charge >= 0.3 is 0 Å². The van der Waals surface area contributed by atoms with E-state index in [4.69, 9.17) is 5.73 Å². The maximum absolute atomic E-state index is 13.4. The quantitative estimate of drug-likeness (QED) is 0.807. The zero-order valence-corrected chi connectivity index (χ0v) is 11.7. The lowest BCUT2D eigenvalue weighted by molar-refractivity contribution is -0.115. The van der Waals surface area contributed by atoms with Crippen LogP contribution in [0.25, 0.3) is 0 Å². The van der Waals surface area contributed by atoms with E-state index in [1.165, 1.54) is 18.2 Å². The predicted octanol–water partition coefficient (Wildman–Crippen LogP) is 3.27. The van der Waals surface area contributed by atoms with Gasteiger partial charge in [-0.3, -0.25) is 4.79 Å². The van der Waals surface area contributed by atoms with Gasteiger partial charge in [0.15, 0.2) is 0 Å². The minimum Gasteiger partial charge on any atom is -0.399 e. The van der Waals surface area contributed by atoms with Crippen molar-refractivity contribution in [3.05, 3.63) is 24.0 Å². The Labute approximate surface area is 111 Å². The lowest BCUT2D eigenvalue weighted by Gasteiger charge is -2.16. The molecule has 0 spiro atoms. The number of thioether (sulfide) groups is 1. The summed E-state index contributed by atoms with van der Waals surface area (Å²) in [7, 11) is 0. The van der Waals surface area contributed by atoms with Gasteiger partial charge < -0.3 is 11.1 Å². The molecule has 1 rings (SSSR count). The van der Waals surface area contributed by atoms with Crippen molar-refractivity contribution in [1.82, 2.24) is 0 Å². The second-order valence-electron chi connectivity index (χ2n) is 4.23. The largest absolute Gasteiger partial charge is 0.399 e. The van der Waals surface area contributed by atoms with Crippen molar-refractivity contribution in [2.24, 2.45) is 0 Å². The Kier molecular flexibility index (Phi) is 5.47. The fourth-order valence-electron chi connectivity index (χ4n) is 1.38. The zero-order chi connectivity index (χ0) is 13.7. The topological polar surface area (TPSA) is 55.1 Å². The van der Waals surface area contributed by atoms with Gasteiger partial charge in [-0.2, -0.15) is 0 Å². The third-order valence-electron chi connectivity index (χ3n) is 2.63. The number of hydrogen-bond donors (Lipinski definition) is 2. The first-order valence-electron chi connectivity index (χ1n) is 5.95. The Morgan fingerprint density at radius 2 is 2.17 bits per heavy atom. The van der Waals surface area contributed by atoms with Crippen LogP contribution in [-0.2, 0) is 4.79 Å². The Morgan fingerprint density at radius 1 is 1.50 bits per heavy atom. The molecule has 0 fully saturated rings. The molecule has 3 nitrogen and oxygen atoms in total. The molecule has 0 saturated heterocycles. The van der Waals surface area contributed by atoms with Crippen LogP contribution >= 0.6 is 11.8 Å². The monoisotopic (exact) mass is 270 g/mol. The number of anilines is 2. The van der Waals surface area contributed by atoms with Gasteiger partial charge in [0.25, 0.3) is 0 Å². The van der Waals surface area contributed by atoms with E-state index in [-0.39, 0.29) is 16.8 Å². The SMILES string of the molecule is CCC(C)SC(C)C(=O)Nc1cc(N)ccc1F. The molecule has 1 aromatic rings. The molecule has 2 unspecified atom stereocenters. The van der Waals surface area contributed by atoms with Crippen LogP contribution in [-0.4, -0.2) is 16.4 Å². The number of rotatable bonds is 5. The summed E-state index contributed by atoms with van der Waals surface area (Å²) < 4.78 is 13.4. The van der Waals surface area contributed by atoms with Gasteiger partial charge in [-0.25, -0.2) is 4.39 Å². The maximum atomic E-state index is 13.4. The standard InChI is InChI=1S/C13H19FN2OS/c1-4-8(2)18-9(3)13(17)16-12-7-10(15)5-6-11(12)14/h5-9H,4,15H2,1-3H3,(H,16,17). The average Bonchev–Trinajstić information content (AvgIpc) is 2.33. The summed E-state index contributed by atoms with van der Waals surface area (Å²) in [5.41, 5.74) is 6.12. The maximum Gasteiger partial charge on any atom is 0.237 e. The van der Waals surface area contributed by atoms with E-state index < -0.39 is 5.82 Å². The van der Waals surface area contributed by atoms with E-state index >= 15 is 0 Å². The first-order chi connectivity index (χ1) is 8.43. The number of nitrogen functional groups attached to an aromatic ring is 1. The van der Waals surface area contributed by atoms with Crippen LogP contribution in [0.1, 0.15) is 27.2 Å². The number of nitrogens with one attached hydrogen (secondary N) is 1. The van der Waals surface area contributed by atoms with Crippen LogP contribution in [0, 0.1) is 5.82 Å². The number of carbonyl (C=O) groups is 1. The number of nitrogens with two attached hydrogens (primary N) is 1. The van der Waals surface area contributed by atoms with E-state index in [2.05, 4.69) is 19.2 Å². The fourth-order valence-corrected chi connectivity index (χ4v) is 2.45. The summed E-state index contributed by atoms with van der Waals surface area (Å²) in [6.07, 6.45) is 0.995. The highest BCUT2D eigenvalue weighted by Crippen LogP contribution is 2.23.